The van der Waals surface area contributed by atoms with E-state index in [2.05, 4.69) is 30.7 Å². The van der Waals surface area contributed by atoms with E-state index in [1.165, 1.54) is 11.8 Å². The van der Waals surface area contributed by atoms with Crippen LogP contribution in [0.3, 0.4) is 0 Å². The van der Waals surface area contributed by atoms with Gasteiger partial charge in [-0.05, 0) is 54.5 Å². The van der Waals surface area contributed by atoms with Crippen molar-refractivity contribution >= 4 is 29.3 Å². The first-order valence-electron chi connectivity index (χ1n) is 9.13. The van der Waals surface area contributed by atoms with Gasteiger partial charge in [0.15, 0.2) is 0 Å². The van der Waals surface area contributed by atoms with Gasteiger partial charge in [0.25, 0.3) is 0 Å². The Bertz CT molecular complexity index is 947. The number of pyridine rings is 1. The fourth-order valence-electron chi connectivity index (χ4n) is 3.25. The SMILES string of the molecule is Cc1ccc(-n2nnnc2N2CCC(C(=O)Nc3ccc(Cl)cn3)CC2)cc1. The van der Waals surface area contributed by atoms with Gasteiger partial charge in [-0.25, -0.2) is 4.98 Å². The Morgan fingerprint density at radius 1 is 1.14 bits per heavy atom. The second kappa shape index (κ2) is 7.93. The summed E-state index contributed by atoms with van der Waals surface area (Å²) in [6, 6.07) is 11.5. The van der Waals surface area contributed by atoms with Gasteiger partial charge >= 0.3 is 0 Å². The van der Waals surface area contributed by atoms with Crippen molar-refractivity contribution in [3.8, 4) is 5.69 Å². The molecule has 0 spiro atoms. The average molecular weight is 398 g/mol. The third-order valence-electron chi connectivity index (χ3n) is 4.86. The average Bonchev–Trinajstić information content (AvgIpc) is 3.20. The van der Waals surface area contributed by atoms with E-state index >= 15 is 0 Å². The topological polar surface area (TPSA) is 88.8 Å². The summed E-state index contributed by atoms with van der Waals surface area (Å²) in [6.07, 6.45) is 2.96. The van der Waals surface area contributed by atoms with Gasteiger partial charge in [0, 0.05) is 25.2 Å². The minimum atomic E-state index is -0.0718. The molecule has 1 fully saturated rings. The Balaban J connectivity index is 1.39. The largest absolute Gasteiger partial charge is 0.339 e. The van der Waals surface area contributed by atoms with E-state index in [9.17, 15) is 4.79 Å². The second-order valence-electron chi connectivity index (χ2n) is 6.84. The summed E-state index contributed by atoms with van der Waals surface area (Å²) in [7, 11) is 0. The van der Waals surface area contributed by atoms with Crippen LogP contribution >= 0.6 is 11.6 Å². The van der Waals surface area contributed by atoms with Gasteiger partial charge in [-0.3, -0.25) is 4.79 Å². The van der Waals surface area contributed by atoms with Crippen LogP contribution in [0.15, 0.2) is 42.6 Å². The second-order valence-corrected chi connectivity index (χ2v) is 7.27. The summed E-state index contributed by atoms with van der Waals surface area (Å²) in [6.45, 7) is 3.45. The molecule has 9 heteroatoms. The van der Waals surface area contributed by atoms with Crippen molar-refractivity contribution in [2.24, 2.45) is 5.92 Å². The number of halogens is 1. The van der Waals surface area contributed by atoms with Gasteiger partial charge in [-0.1, -0.05) is 34.4 Å². The number of tetrazole rings is 1. The number of hydrogen-bond donors (Lipinski definition) is 1. The third kappa shape index (κ3) is 3.96. The van der Waals surface area contributed by atoms with Crippen LogP contribution in [0.5, 0.6) is 0 Å². The lowest BCUT2D eigenvalue weighted by Crippen LogP contribution is -2.39. The van der Waals surface area contributed by atoms with Crippen LogP contribution in [0.25, 0.3) is 5.69 Å². The smallest absolute Gasteiger partial charge is 0.250 e. The molecule has 2 aromatic heterocycles. The molecular formula is C19H20ClN7O. The molecule has 3 heterocycles. The van der Waals surface area contributed by atoms with Crippen LogP contribution in [-0.2, 0) is 4.79 Å². The first kappa shape index (κ1) is 18.4. The molecule has 1 N–H and O–H groups in total. The molecule has 0 aliphatic carbocycles. The summed E-state index contributed by atoms with van der Waals surface area (Å²) in [5.74, 6) is 1.12. The number of carbonyl (C=O) groups excluding carboxylic acids is 1. The van der Waals surface area contributed by atoms with E-state index < -0.39 is 0 Å². The van der Waals surface area contributed by atoms with Gasteiger partial charge < -0.3 is 10.2 Å². The fraction of sp³-hybridized carbons (Fsp3) is 0.316. The highest BCUT2D eigenvalue weighted by Crippen LogP contribution is 2.24. The van der Waals surface area contributed by atoms with E-state index in [4.69, 9.17) is 11.6 Å². The van der Waals surface area contributed by atoms with Crippen LogP contribution < -0.4 is 10.2 Å². The molecule has 0 atom stereocenters. The molecule has 0 radical (unpaired) electrons. The number of carbonyl (C=O) groups is 1. The van der Waals surface area contributed by atoms with Crippen LogP contribution in [-0.4, -0.2) is 44.2 Å². The standard InChI is InChI=1S/C19H20ClN7O/c1-13-2-5-16(6-3-13)27-19(23-24-25-27)26-10-8-14(9-11-26)18(28)22-17-7-4-15(20)12-21-17/h2-7,12,14H,8-11H2,1H3,(H,21,22,28). The highest BCUT2D eigenvalue weighted by Gasteiger charge is 2.28. The number of amides is 1. The van der Waals surface area contributed by atoms with E-state index in [1.54, 1.807) is 16.8 Å². The van der Waals surface area contributed by atoms with Crippen LogP contribution in [0.1, 0.15) is 18.4 Å². The Labute approximate surface area is 167 Å². The molecule has 4 rings (SSSR count). The maximum atomic E-state index is 12.5. The van der Waals surface area contributed by atoms with Crippen molar-refractivity contribution in [2.75, 3.05) is 23.3 Å². The molecule has 1 amide bonds. The highest BCUT2D eigenvalue weighted by atomic mass is 35.5. The van der Waals surface area contributed by atoms with Gasteiger partial charge in [0.2, 0.25) is 11.9 Å². The molecule has 0 saturated carbocycles. The molecule has 1 aromatic carbocycles. The van der Waals surface area contributed by atoms with Gasteiger partial charge in [-0.15, -0.1) is 0 Å². The predicted octanol–water partition coefficient (Wildman–Crippen LogP) is 2.87. The number of rotatable bonds is 4. The Kier molecular flexibility index (Phi) is 5.21. The lowest BCUT2D eigenvalue weighted by Gasteiger charge is -2.31. The number of piperidine rings is 1. The fourth-order valence-corrected chi connectivity index (χ4v) is 3.36. The number of hydrogen-bond acceptors (Lipinski definition) is 6. The zero-order chi connectivity index (χ0) is 19.5. The molecule has 3 aromatic rings. The first-order valence-corrected chi connectivity index (χ1v) is 9.51. The number of nitrogens with zero attached hydrogens (tertiary/aromatic N) is 6. The van der Waals surface area contributed by atoms with Crippen molar-refractivity contribution in [1.29, 1.82) is 0 Å². The Morgan fingerprint density at radius 3 is 2.57 bits per heavy atom. The summed E-state index contributed by atoms with van der Waals surface area (Å²) < 4.78 is 1.73. The number of aryl methyl sites for hydroxylation is 1. The van der Waals surface area contributed by atoms with Crippen molar-refractivity contribution in [2.45, 2.75) is 19.8 Å². The number of nitrogens with one attached hydrogen (secondary N) is 1. The molecule has 1 aliphatic rings. The molecule has 28 heavy (non-hydrogen) atoms. The van der Waals surface area contributed by atoms with Crippen molar-refractivity contribution < 1.29 is 4.79 Å². The van der Waals surface area contributed by atoms with E-state index in [1.807, 2.05) is 31.2 Å². The van der Waals surface area contributed by atoms with Gasteiger partial charge in [-0.2, -0.15) is 4.68 Å². The Morgan fingerprint density at radius 2 is 1.89 bits per heavy atom. The monoisotopic (exact) mass is 397 g/mol. The lowest BCUT2D eigenvalue weighted by atomic mass is 9.96. The third-order valence-corrected chi connectivity index (χ3v) is 5.08. The number of aromatic nitrogens is 5. The highest BCUT2D eigenvalue weighted by molar-refractivity contribution is 6.30. The number of benzene rings is 1. The maximum absolute atomic E-state index is 12.5. The summed E-state index contributed by atoms with van der Waals surface area (Å²) in [5.41, 5.74) is 2.10. The molecule has 0 bridgehead atoms. The predicted molar refractivity (Wildman–Crippen MR) is 107 cm³/mol. The lowest BCUT2D eigenvalue weighted by molar-refractivity contribution is -0.120. The normalized spacial score (nSPS) is 14.9. The van der Waals surface area contributed by atoms with E-state index in [0.29, 0.717) is 29.9 Å². The van der Waals surface area contributed by atoms with E-state index in [-0.39, 0.29) is 11.8 Å². The van der Waals surface area contributed by atoms with Crippen LogP contribution in [0.4, 0.5) is 11.8 Å². The summed E-state index contributed by atoms with van der Waals surface area (Å²) in [4.78, 5) is 18.7. The molecule has 1 saturated heterocycles. The summed E-state index contributed by atoms with van der Waals surface area (Å²) >= 11 is 5.83. The van der Waals surface area contributed by atoms with Gasteiger partial charge in [0.1, 0.15) is 5.82 Å². The van der Waals surface area contributed by atoms with Gasteiger partial charge in [0.05, 0.1) is 10.7 Å². The van der Waals surface area contributed by atoms with E-state index in [0.717, 1.165) is 18.5 Å². The molecule has 8 nitrogen and oxygen atoms in total. The minimum absolute atomic E-state index is 0.0207. The number of anilines is 2. The molecular weight excluding hydrogens is 378 g/mol. The maximum Gasteiger partial charge on any atom is 0.250 e. The Hall–Kier alpha value is -3.00. The van der Waals surface area contributed by atoms with Crippen molar-refractivity contribution in [3.05, 3.63) is 53.2 Å². The summed E-state index contributed by atoms with van der Waals surface area (Å²) in [5, 5.41) is 15.5. The van der Waals surface area contributed by atoms with Crippen molar-refractivity contribution in [1.82, 2.24) is 25.2 Å². The molecule has 0 unspecified atom stereocenters. The molecule has 144 valence electrons. The van der Waals surface area contributed by atoms with Crippen LogP contribution in [0.2, 0.25) is 5.02 Å². The quantitative estimate of drug-likeness (QED) is 0.728. The zero-order valence-electron chi connectivity index (χ0n) is 15.4. The zero-order valence-corrected chi connectivity index (χ0v) is 16.2. The minimum Gasteiger partial charge on any atom is -0.339 e. The first-order chi connectivity index (χ1) is 13.6. The van der Waals surface area contributed by atoms with Crippen molar-refractivity contribution in [3.63, 3.8) is 0 Å². The molecule has 1 aliphatic heterocycles. The van der Waals surface area contributed by atoms with Crippen LogP contribution in [0, 0.1) is 12.8 Å².